The number of quaternary nitrogens is 1. The van der Waals surface area contributed by atoms with Gasteiger partial charge in [0.1, 0.15) is 5.69 Å². The van der Waals surface area contributed by atoms with E-state index >= 15 is 0 Å². The summed E-state index contributed by atoms with van der Waals surface area (Å²) < 4.78 is 1.91. The van der Waals surface area contributed by atoms with Crippen LogP contribution in [0.1, 0.15) is 41.8 Å². The summed E-state index contributed by atoms with van der Waals surface area (Å²) >= 11 is 0. The first kappa shape index (κ1) is 21.3. The Morgan fingerprint density at radius 2 is 1.68 bits per heavy atom. The Balaban J connectivity index is 1.61. The number of nitrogens with zero attached hydrogens (tertiary/aromatic N) is 3. The largest absolute Gasteiger partial charge is 0.332 e. The molecule has 0 bridgehead atoms. The second-order valence-corrected chi connectivity index (χ2v) is 8.42. The van der Waals surface area contributed by atoms with Gasteiger partial charge in [0.2, 0.25) is 0 Å². The molecule has 1 aliphatic rings. The Morgan fingerprint density at radius 1 is 0.968 bits per heavy atom. The highest BCUT2D eigenvalue weighted by Gasteiger charge is 2.27. The van der Waals surface area contributed by atoms with Gasteiger partial charge < -0.3 is 9.80 Å². The molecule has 0 aliphatic carbocycles. The lowest BCUT2D eigenvalue weighted by Gasteiger charge is -2.32. The van der Waals surface area contributed by atoms with Crippen molar-refractivity contribution in [2.45, 2.75) is 33.2 Å². The Morgan fingerprint density at radius 3 is 2.32 bits per heavy atom. The van der Waals surface area contributed by atoms with Gasteiger partial charge >= 0.3 is 0 Å². The number of carbonyl (C=O) groups is 1. The molecule has 0 atom stereocenters. The number of piperazine rings is 1. The van der Waals surface area contributed by atoms with Crippen LogP contribution in [-0.2, 0) is 13.0 Å². The van der Waals surface area contributed by atoms with E-state index in [-0.39, 0.29) is 5.91 Å². The van der Waals surface area contributed by atoms with Gasteiger partial charge in [-0.25, -0.2) is 0 Å². The number of amides is 1. The number of aromatic nitrogens is 2. The van der Waals surface area contributed by atoms with Crippen molar-refractivity contribution < 1.29 is 9.69 Å². The van der Waals surface area contributed by atoms with Gasteiger partial charge in [-0.1, -0.05) is 68.4 Å². The average molecular weight is 418 g/mol. The molecule has 0 unspecified atom stereocenters. The van der Waals surface area contributed by atoms with Crippen molar-refractivity contribution in [3.8, 4) is 11.3 Å². The summed E-state index contributed by atoms with van der Waals surface area (Å²) in [5.41, 5.74) is 4.96. The molecule has 1 saturated heterocycles. The molecule has 1 fully saturated rings. The van der Waals surface area contributed by atoms with Gasteiger partial charge in [-0.3, -0.25) is 9.48 Å². The van der Waals surface area contributed by atoms with Crippen LogP contribution in [0, 0.1) is 0 Å². The minimum Gasteiger partial charge on any atom is -0.332 e. The Labute approximate surface area is 185 Å². The molecule has 1 N–H and O–H groups in total. The molecule has 0 spiro atoms. The van der Waals surface area contributed by atoms with E-state index in [4.69, 9.17) is 5.10 Å². The summed E-state index contributed by atoms with van der Waals surface area (Å²) in [5.74, 6) is 0.101. The maximum Gasteiger partial charge on any atom is 0.258 e. The molecule has 1 amide bonds. The van der Waals surface area contributed by atoms with Crippen molar-refractivity contribution in [2.75, 3.05) is 32.7 Å². The fourth-order valence-corrected chi connectivity index (χ4v) is 4.34. The number of hydrogen-bond acceptors (Lipinski definition) is 2. The van der Waals surface area contributed by atoms with Crippen LogP contribution in [-0.4, -0.2) is 53.3 Å². The zero-order chi connectivity index (χ0) is 21.6. The highest BCUT2D eigenvalue weighted by atomic mass is 16.2. The van der Waals surface area contributed by atoms with E-state index in [2.05, 4.69) is 50.2 Å². The summed E-state index contributed by atoms with van der Waals surface area (Å²) in [6.45, 7) is 9.89. The third kappa shape index (κ3) is 5.05. The number of benzene rings is 2. The van der Waals surface area contributed by atoms with Gasteiger partial charge in [0, 0.05) is 11.8 Å². The molecule has 3 aromatic rings. The van der Waals surface area contributed by atoms with E-state index in [1.807, 2.05) is 34.0 Å². The minimum atomic E-state index is 0.101. The summed E-state index contributed by atoms with van der Waals surface area (Å²) in [7, 11) is 0. The van der Waals surface area contributed by atoms with Crippen LogP contribution in [0.2, 0.25) is 0 Å². The first-order valence-corrected chi connectivity index (χ1v) is 11.5. The molecule has 31 heavy (non-hydrogen) atoms. The minimum absolute atomic E-state index is 0.101. The van der Waals surface area contributed by atoms with E-state index in [1.165, 1.54) is 24.1 Å². The first-order valence-electron chi connectivity index (χ1n) is 11.5. The number of aryl methyl sites for hydroxylation is 1. The quantitative estimate of drug-likeness (QED) is 0.642. The highest BCUT2D eigenvalue weighted by Crippen LogP contribution is 2.25. The van der Waals surface area contributed by atoms with Gasteiger partial charge in [0.05, 0.1) is 44.8 Å². The van der Waals surface area contributed by atoms with E-state index in [9.17, 15) is 4.79 Å². The van der Waals surface area contributed by atoms with Gasteiger partial charge in [-0.05, 0) is 24.0 Å². The molecule has 0 radical (unpaired) electrons. The fraction of sp³-hybridized carbons (Fsp3) is 0.385. The summed E-state index contributed by atoms with van der Waals surface area (Å²) in [6.07, 6.45) is 4.12. The van der Waals surface area contributed by atoms with Crippen LogP contribution < -0.4 is 4.90 Å². The summed E-state index contributed by atoms with van der Waals surface area (Å²) in [6, 6.07) is 18.7. The predicted molar refractivity (Wildman–Crippen MR) is 124 cm³/mol. The SMILES string of the molecule is CCC[NH+]1CCN(C(=O)c2cn(Cc3ccccc3)nc2-c2ccc(CC)cc2)CC1. The Kier molecular flexibility index (Phi) is 6.82. The lowest BCUT2D eigenvalue weighted by atomic mass is 10.0. The molecule has 2 heterocycles. The number of nitrogens with one attached hydrogen (secondary N) is 1. The number of hydrogen-bond donors (Lipinski definition) is 1. The second kappa shape index (κ2) is 9.92. The highest BCUT2D eigenvalue weighted by molar-refractivity contribution is 5.99. The van der Waals surface area contributed by atoms with E-state index in [1.54, 1.807) is 4.90 Å². The third-order valence-electron chi connectivity index (χ3n) is 6.18. The fourth-order valence-electron chi connectivity index (χ4n) is 4.34. The van der Waals surface area contributed by atoms with Gasteiger partial charge in [-0.15, -0.1) is 0 Å². The van der Waals surface area contributed by atoms with E-state index in [0.717, 1.165) is 43.9 Å². The van der Waals surface area contributed by atoms with Crippen LogP contribution in [0.5, 0.6) is 0 Å². The van der Waals surface area contributed by atoms with Gasteiger partial charge in [-0.2, -0.15) is 5.10 Å². The molecule has 1 aliphatic heterocycles. The van der Waals surface area contributed by atoms with Crippen molar-refractivity contribution in [1.29, 1.82) is 0 Å². The van der Waals surface area contributed by atoms with E-state index in [0.29, 0.717) is 12.1 Å². The molecular weight excluding hydrogens is 384 g/mol. The summed E-state index contributed by atoms with van der Waals surface area (Å²) in [5, 5.41) is 4.86. The maximum absolute atomic E-state index is 13.5. The van der Waals surface area contributed by atoms with Crippen LogP contribution >= 0.6 is 0 Å². The zero-order valence-electron chi connectivity index (χ0n) is 18.7. The molecule has 0 saturated carbocycles. The standard InChI is InChI=1S/C26H32N4O/c1-3-14-28-15-17-29(18-16-28)26(31)24-20-30(19-22-8-6-5-7-9-22)27-25(24)23-12-10-21(4-2)11-13-23/h5-13,20H,3-4,14-19H2,1-2H3/p+1. The monoisotopic (exact) mass is 417 g/mol. The van der Waals surface area contributed by atoms with Crippen LogP contribution in [0.3, 0.4) is 0 Å². The molecule has 162 valence electrons. The zero-order valence-corrected chi connectivity index (χ0v) is 18.7. The van der Waals surface area contributed by atoms with Crippen molar-refractivity contribution in [3.63, 3.8) is 0 Å². The predicted octanol–water partition coefficient (Wildman–Crippen LogP) is 2.91. The average Bonchev–Trinajstić information content (AvgIpc) is 3.24. The van der Waals surface area contributed by atoms with Crippen molar-refractivity contribution in [2.24, 2.45) is 0 Å². The number of rotatable bonds is 7. The van der Waals surface area contributed by atoms with Crippen molar-refractivity contribution >= 4 is 5.91 Å². The topological polar surface area (TPSA) is 42.6 Å². The molecule has 4 rings (SSSR count). The molecule has 1 aromatic heterocycles. The molecule has 5 nitrogen and oxygen atoms in total. The lowest BCUT2D eigenvalue weighted by molar-refractivity contribution is -0.904. The third-order valence-corrected chi connectivity index (χ3v) is 6.18. The smallest absolute Gasteiger partial charge is 0.258 e. The maximum atomic E-state index is 13.5. The summed E-state index contributed by atoms with van der Waals surface area (Å²) in [4.78, 5) is 17.1. The van der Waals surface area contributed by atoms with Crippen molar-refractivity contribution in [1.82, 2.24) is 14.7 Å². The van der Waals surface area contributed by atoms with E-state index < -0.39 is 0 Å². The van der Waals surface area contributed by atoms with Crippen LogP contribution in [0.25, 0.3) is 11.3 Å². The molecule has 2 aromatic carbocycles. The Hall–Kier alpha value is -2.92. The first-order chi connectivity index (χ1) is 15.2. The molecular formula is C26H33N4O+. The number of carbonyl (C=O) groups excluding carboxylic acids is 1. The lowest BCUT2D eigenvalue weighted by Crippen LogP contribution is -3.14. The van der Waals surface area contributed by atoms with Crippen LogP contribution in [0.15, 0.2) is 60.8 Å². The van der Waals surface area contributed by atoms with Crippen LogP contribution in [0.4, 0.5) is 0 Å². The normalized spacial score (nSPS) is 14.7. The van der Waals surface area contributed by atoms with Gasteiger partial charge in [0.25, 0.3) is 5.91 Å². The van der Waals surface area contributed by atoms with Crippen molar-refractivity contribution in [3.05, 3.63) is 77.5 Å². The van der Waals surface area contributed by atoms with Gasteiger partial charge in [0.15, 0.2) is 0 Å². The second-order valence-electron chi connectivity index (χ2n) is 8.42. The molecule has 5 heteroatoms. The Bertz CT molecular complexity index is 986.